The minimum Gasteiger partial charge on any atom is -0.228 e. The van der Waals surface area contributed by atoms with Gasteiger partial charge in [0.25, 0.3) is 0 Å². The van der Waals surface area contributed by atoms with E-state index in [9.17, 15) is 26.0 Å². The first-order valence-corrected chi connectivity index (χ1v) is 8.61. The number of hydrogen-bond donors (Lipinski definition) is 0. The van der Waals surface area contributed by atoms with Crippen LogP contribution in [-0.2, 0) is 16.0 Å². The Morgan fingerprint density at radius 3 is 2.50 bits per heavy atom. The Hall–Kier alpha value is -1.37. The molecule has 2 aliphatic rings. The second kappa shape index (κ2) is 5.08. The second-order valence-electron chi connectivity index (χ2n) is 5.74. The molecule has 0 amide bonds. The fraction of sp³-hybridized carbons (Fsp3) is 0.467. The number of halogens is 4. The normalized spacial score (nSPS) is 27.4. The van der Waals surface area contributed by atoms with E-state index in [4.69, 9.17) is 0 Å². The van der Waals surface area contributed by atoms with Gasteiger partial charge in [-0.3, -0.25) is 0 Å². The Morgan fingerprint density at radius 2 is 1.86 bits per heavy atom. The van der Waals surface area contributed by atoms with Gasteiger partial charge >= 0.3 is 6.18 Å². The standard InChI is InChI=1S/C15H14F4O2S/c16-13-6-2-5-12(14(13)15(17,18)19)9-7-10-3-1-4-11(8-9)22(10,20)21/h2,5-7,10-11H,1,3-4,8H2. The van der Waals surface area contributed by atoms with Gasteiger partial charge in [-0.25, -0.2) is 12.8 Å². The SMILES string of the molecule is O=S1(=O)C2C=C(c3cccc(F)c3C(F)(F)F)CC1CCC2. The van der Waals surface area contributed by atoms with Gasteiger partial charge in [0.1, 0.15) is 5.82 Å². The van der Waals surface area contributed by atoms with Crippen LogP contribution >= 0.6 is 0 Å². The lowest BCUT2D eigenvalue weighted by Crippen LogP contribution is -2.38. The summed E-state index contributed by atoms with van der Waals surface area (Å²) in [5.41, 5.74) is -1.26. The van der Waals surface area contributed by atoms with Crippen molar-refractivity contribution in [3.63, 3.8) is 0 Å². The number of alkyl halides is 3. The molecule has 1 aromatic carbocycles. The molecule has 0 saturated carbocycles. The van der Waals surface area contributed by atoms with E-state index < -0.39 is 37.9 Å². The van der Waals surface area contributed by atoms with E-state index in [-0.39, 0.29) is 17.6 Å². The minimum atomic E-state index is -4.81. The summed E-state index contributed by atoms with van der Waals surface area (Å²) in [4.78, 5) is 0. The molecule has 0 aromatic heterocycles. The van der Waals surface area contributed by atoms with Crippen LogP contribution in [0.4, 0.5) is 17.6 Å². The predicted molar refractivity (Wildman–Crippen MR) is 74.3 cm³/mol. The molecule has 0 aliphatic carbocycles. The Kier molecular flexibility index (Phi) is 3.58. The van der Waals surface area contributed by atoms with Crippen molar-refractivity contribution in [1.29, 1.82) is 0 Å². The number of sulfone groups is 1. The zero-order chi connectivity index (χ0) is 16.1. The molecular formula is C15H14F4O2S. The Balaban J connectivity index is 2.14. The van der Waals surface area contributed by atoms with Crippen molar-refractivity contribution in [2.24, 2.45) is 0 Å². The molecule has 1 fully saturated rings. The van der Waals surface area contributed by atoms with Gasteiger partial charge in [-0.15, -0.1) is 0 Å². The van der Waals surface area contributed by atoms with Crippen LogP contribution in [0.25, 0.3) is 5.57 Å². The quantitative estimate of drug-likeness (QED) is 0.728. The molecule has 2 bridgehead atoms. The molecule has 2 aliphatic heterocycles. The van der Waals surface area contributed by atoms with Crippen molar-refractivity contribution in [3.8, 4) is 0 Å². The molecule has 0 N–H and O–H groups in total. The second-order valence-corrected chi connectivity index (χ2v) is 8.19. The van der Waals surface area contributed by atoms with Crippen molar-refractivity contribution in [3.05, 3.63) is 41.2 Å². The number of allylic oxidation sites excluding steroid dienone is 1. The van der Waals surface area contributed by atoms with Crippen molar-refractivity contribution in [2.45, 2.75) is 42.4 Å². The van der Waals surface area contributed by atoms with Crippen LogP contribution in [0.15, 0.2) is 24.3 Å². The number of rotatable bonds is 1. The van der Waals surface area contributed by atoms with Crippen LogP contribution in [0.5, 0.6) is 0 Å². The van der Waals surface area contributed by atoms with E-state index >= 15 is 0 Å². The average molecular weight is 334 g/mol. The molecule has 1 aromatic rings. The van der Waals surface area contributed by atoms with E-state index in [1.54, 1.807) is 0 Å². The van der Waals surface area contributed by atoms with E-state index in [1.807, 2.05) is 0 Å². The molecule has 2 heterocycles. The van der Waals surface area contributed by atoms with Gasteiger partial charge in [0, 0.05) is 0 Å². The van der Waals surface area contributed by atoms with Crippen LogP contribution in [0.3, 0.4) is 0 Å². The summed E-state index contributed by atoms with van der Waals surface area (Å²) in [6.45, 7) is 0. The molecule has 0 radical (unpaired) electrons. The first-order chi connectivity index (χ1) is 10.2. The van der Waals surface area contributed by atoms with Crippen LogP contribution in [0.2, 0.25) is 0 Å². The third-order valence-corrected chi connectivity index (χ3v) is 6.93. The Bertz CT molecular complexity index is 734. The first kappa shape index (κ1) is 15.5. The Labute approximate surface area is 125 Å². The zero-order valence-corrected chi connectivity index (χ0v) is 12.3. The van der Waals surface area contributed by atoms with E-state index in [2.05, 4.69) is 0 Å². The smallest absolute Gasteiger partial charge is 0.228 e. The highest BCUT2D eigenvalue weighted by atomic mass is 32.2. The maximum Gasteiger partial charge on any atom is 0.419 e. The summed E-state index contributed by atoms with van der Waals surface area (Å²) in [6.07, 6.45) is -1.80. The summed E-state index contributed by atoms with van der Waals surface area (Å²) in [7, 11) is -3.32. The van der Waals surface area contributed by atoms with Gasteiger partial charge in [-0.1, -0.05) is 24.6 Å². The largest absolute Gasteiger partial charge is 0.419 e. The van der Waals surface area contributed by atoms with Gasteiger partial charge in [-0.05, 0) is 36.5 Å². The van der Waals surface area contributed by atoms with Crippen molar-refractivity contribution in [2.75, 3.05) is 0 Å². The maximum absolute atomic E-state index is 13.7. The third-order valence-electron chi connectivity index (χ3n) is 4.38. The molecule has 2 nitrogen and oxygen atoms in total. The summed E-state index contributed by atoms with van der Waals surface area (Å²) in [5, 5.41) is -1.41. The van der Waals surface area contributed by atoms with Gasteiger partial charge in [-0.2, -0.15) is 13.2 Å². The van der Waals surface area contributed by atoms with E-state index in [0.29, 0.717) is 12.8 Å². The van der Waals surface area contributed by atoms with Gasteiger partial charge in [0.05, 0.1) is 16.1 Å². The molecule has 120 valence electrons. The van der Waals surface area contributed by atoms with Crippen molar-refractivity contribution >= 4 is 15.4 Å². The molecule has 2 atom stereocenters. The van der Waals surface area contributed by atoms with Crippen molar-refractivity contribution < 1.29 is 26.0 Å². The summed E-state index contributed by atoms with van der Waals surface area (Å²) in [5.74, 6) is -1.33. The molecule has 3 rings (SSSR count). The summed E-state index contributed by atoms with van der Waals surface area (Å²) in [6, 6.07) is 3.21. The number of fused-ring (bicyclic) bond motifs is 2. The van der Waals surface area contributed by atoms with Gasteiger partial charge in [0.15, 0.2) is 9.84 Å². The Morgan fingerprint density at radius 1 is 1.14 bits per heavy atom. The summed E-state index contributed by atoms with van der Waals surface area (Å²) < 4.78 is 77.4. The molecule has 2 unspecified atom stereocenters. The lowest BCUT2D eigenvalue weighted by atomic mass is 9.90. The third kappa shape index (κ3) is 2.45. The van der Waals surface area contributed by atoms with Crippen LogP contribution < -0.4 is 0 Å². The molecule has 7 heteroatoms. The topological polar surface area (TPSA) is 34.1 Å². The van der Waals surface area contributed by atoms with E-state index in [1.165, 1.54) is 18.2 Å². The zero-order valence-electron chi connectivity index (χ0n) is 11.5. The van der Waals surface area contributed by atoms with Crippen LogP contribution in [-0.4, -0.2) is 18.9 Å². The summed E-state index contributed by atoms with van der Waals surface area (Å²) >= 11 is 0. The molecule has 0 spiro atoms. The average Bonchev–Trinajstić information content (AvgIpc) is 2.35. The lowest BCUT2D eigenvalue weighted by Gasteiger charge is -2.34. The highest BCUT2D eigenvalue weighted by molar-refractivity contribution is 7.93. The fourth-order valence-electron chi connectivity index (χ4n) is 3.34. The first-order valence-electron chi connectivity index (χ1n) is 7.00. The van der Waals surface area contributed by atoms with Crippen LogP contribution in [0, 0.1) is 5.82 Å². The molecular weight excluding hydrogens is 320 g/mol. The molecule has 1 saturated heterocycles. The van der Waals surface area contributed by atoms with E-state index in [0.717, 1.165) is 12.5 Å². The predicted octanol–water partition coefficient (Wildman–Crippen LogP) is 3.97. The van der Waals surface area contributed by atoms with Gasteiger partial charge in [0.2, 0.25) is 0 Å². The highest BCUT2D eigenvalue weighted by Crippen LogP contribution is 2.43. The number of hydrogen-bond acceptors (Lipinski definition) is 2. The lowest BCUT2D eigenvalue weighted by molar-refractivity contribution is -0.140. The van der Waals surface area contributed by atoms with Gasteiger partial charge < -0.3 is 0 Å². The molecule has 22 heavy (non-hydrogen) atoms. The minimum absolute atomic E-state index is 0.0192. The fourth-order valence-corrected chi connectivity index (χ4v) is 5.59. The highest BCUT2D eigenvalue weighted by Gasteiger charge is 2.43. The van der Waals surface area contributed by atoms with Crippen molar-refractivity contribution in [1.82, 2.24) is 0 Å². The monoisotopic (exact) mass is 334 g/mol. The maximum atomic E-state index is 13.7. The van der Waals surface area contributed by atoms with Crippen LogP contribution in [0.1, 0.15) is 36.8 Å². The number of benzene rings is 1.